The highest BCUT2D eigenvalue weighted by Crippen LogP contribution is 2.22. The molecule has 0 aromatic heterocycles. The molecule has 2 saturated heterocycles. The van der Waals surface area contributed by atoms with Crippen LogP contribution in [0.2, 0.25) is 0 Å². The molecule has 6 nitrogen and oxygen atoms in total. The van der Waals surface area contributed by atoms with Gasteiger partial charge in [0, 0.05) is 50.9 Å². The molecular formula is C19H26FN3O3. The van der Waals surface area contributed by atoms with Gasteiger partial charge in [-0.25, -0.2) is 9.18 Å². The van der Waals surface area contributed by atoms with Crippen molar-refractivity contribution in [1.82, 2.24) is 9.80 Å². The number of benzene rings is 1. The standard InChI is InChI=1S/C19H26FN3O3/c1-2-26-19(25)23-9-7-15(8-10-23)18(24)22-13-11-21(12-14-22)17-5-3-16(20)4-6-17/h3-6,15H,2,7-14H2,1H3. The number of amides is 2. The number of hydrogen-bond acceptors (Lipinski definition) is 4. The minimum absolute atomic E-state index is 0.0157. The topological polar surface area (TPSA) is 53.1 Å². The van der Waals surface area contributed by atoms with Crippen LogP contribution in [-0.4, -0.2) is 67.7 Å². The van der Waals surface area contributed by atoms with Crippen molar-refractivity contribution in [2.45, 2.75) is 19.8 Å². The van der Waals surface area contributed by atoms with Crippen molar-refractivity contribution in [1.29, 1.82) is 0 Å². The number of nitrogens with zero attached hydrogens (tertiary/aromatic N) is 3. The molecule has 2 amide bonds. The summed E-state index contributed by atoms with van der Waals surface area (Å²) in [7, 11) is 0. The van der Waals surface area contributed by atoms with Gasteiger partial charge < -0.3 is 19.4 Å². The quantitative estimate of drug-likeness (QED) is 0.827. The Morgan fingerprint density at radius 1 is 1.00 bits per heavy atom. The van der Waals surface area contributed by atoms with E-state index in [1.807, 2.05) is 4.90 Å². The van der Waals surface area contributed by atoms with Crippen molar-refractivity contribution in [2.75, 3.05) is 50.8 Å². The van der Waals surface area contributed by atoms with Gasteiger partial charge in [0.05, 0.1) is 6.61 Å². The van der Waals surface area contributed by atoms with Gasteiger partial charge in [0.1, 0.15) is 5.82 Å². The summed E-state index contributed by atoms with van der Waals surface area (Å²) in [4.78, 5) is 30.3. The fourth-order valence-electron chi connectivity index (χ4n) is 3.62. The second-order valence-electron chi connectivity index (χ2n) is 6.75. The van der Waals surface area contributed by atoms with Gasteiger partial charge in [-0.1, -0.05) is 0 Å². The molecule has 1 aromatic carbocycles. The zero-order valence-corrected chi connectivity index (χ0v) is 15.2. The molecule has 0 saturated carbocycles. The molecule has 0 unspecified atom stereocenters. The molecule has 0 bridgehead atoms. The first-order chi connectivity index (χ1) is 12.6. The first kappa shape index (κ1) is 18.5. The molecule has 2 aliphatic rings. The maximum absolute atomic E-state index is 13.0. The van der Waals surface area contributed by atoms with E-state index in [9.17, 15) is 14.0 Å². The number of ether oxygens (including phenoxy) is 1. The zero-order valence-electron chi connectivity index (χ0n) is 15.2. The van der Waals surface area contributed by atoms with E-state index in [0.29, 0.717) is 45.6 Å². The molecule has 142 valence electrons. The summed E-state index contributed by atoms with van der Waals surface area (Å²) in [6.07, 6.45) is 1.09. The summed E-state index contributed by atoms with van der Waals surface area (Å²) in [5.74, 6) is -0.0676. The second kappa shape index (κ2) is 8.38. The Morgan fingerprint density at radius 2 is 1.62 bits per heavy atom. The van der Waals surface area contributed by atoms with E-state index in [-0.39, 0.29) is 23.7 Å². The molecule has 26 heavy (non-hydrogen) atoms. The van der Waals surface area contributed by atoms with Gasteiger partial charge in [-0.15, -0.1) is 0 Å². The summed E-state index contributed by atoms with van der Waals surface area (Å²) in [5.41, 5.74) is 0.987. The van der Waals surface area contributed by atoms with E-state index in [1.54, 1.807) is 24.0 Å². The Kier molecular flexibility index (Phi) is 5.96. The number of halogens is 1. The van der Waals surface area contributed by atoms with Gasteiger partial charge in [-0.05, 0) is 44.0 Å². The molecule has 0 aliphatic carbocycles. The molecule has 0 spiro atoms. The molecular weight excluding hydrogens is 337 g/mol. The lowest BCUT2D eigenvalue weighted by Crippen LogP contribution is -2.52. The first-order valence-corrected chi connectivity index (χ1v) is 9.29. The number of hydrogen-bond donors (Lipinski definition) is 0. The highest BCUT2D eigenvalue weighted by atomic mass is 19.1. The molecule has 2 heterocycles. The third-order valence-corrected chi connectivity index (χ3v) is 5.15. The normalized spacial score (nSPS) is 18.8. The fraction of sp³-hybridized carbons (Fsp3) is 0.579. The molecule has 3 rings (SSSR count). The minimum Gasteiger partial charge on any atom is -0.450 e. The summed E-state index contributed by atoms with van der Waals surface area (Å²) in [5, 5.41) is 0. The third-order valence-electron chi connectivity index (χ3n) is 5.15. The maximum Gasteiger partial charge on any atom is 0.409 e. The number of carbonyl (C=O) groups is 2. The SMILES string of the molecule is CCOC(=O)N1CCC(C(=O)N2CCN(c3ccc(F)cc3)CC2)CC1. The van der Waals surface area contributed by atoms with Crippen LogP contribution in [0.1, 0.15) is 19.8 Å². The van der Waals surface area contributed by atoms with E-state index in [1.165, 1.54) is 12.1 Å². The Balaban J connectivity index is 1.47. The van der Waals surface area contributed by atoms with Gasteiger partial charge in [-0.2, -0.15) is 0 Å². The lowest BCUT2D eigenvalue weighted by atomic mass is 9.95. The number of likely N-dealkylation sites (tertiary alicyclic amines) is 1. The smallest absolute Gasteiger partial charge is 0.409 e. The molecule has 0 atom stereocenters. The molecule has 2 aliphatic heterocycles. The lowest BCUT2D eigenvalue weighted by Gasteiger charge is -2.39. The molecule has 7 heteroatoms. The predicted molar refractivity (Wildman–Crippen MR) is 96.5 cm³/mol. The van der Waals surface area contributed by atoms with Gasteiger partial charge in [-0.3, -0.25) is 4.79 Å². The Labute approximate surface area is 153 Å². The second-order valence-corrected chi connectivity index (χ2v) is 6.75. The highest BCUT2D eigenvalue weighted by Gasteiger charge is 2.32. The van der Waals surface area contributed by atoms with Crippen molar-refractivity contribution in [2.24, 2.45) is 5.92 Å². The van der Waals surface area contributed by atoms with Gasteiger partial charge in [0.2, 0.25) is 5.91 Å². The van der Waals surface area contributed by atoms with E-state index in [0.717, 1.165) is 18.8 Å². The minimum atomic E-state index is -0.286. The van der Waals surface area contributed by atoms with Crippen molar-refractivity contribution in [3.63, 3.8) is 0 Å². The lowest BCUT2D eigenvalue weighted by molar-refractivity contribution is -0.137. The van der Waals surface area contributed by atoms with Gasteiger partial charge in [0.25, 0.3) is 0 Å². The third kappa shape index (κ3) is 4.26. The average molecular weight is 363 g/mol. The van der Waals surface area contributed by atoms with Gasteiger partial charge >= 0.3 is 6.09 Å². The van der Waals surface area contributed by atoms with Crippen LogP contribution in [0.15, 0.2) is 24.3 Å². The Morgan fingerprint density at radius 3 is 2.19 bits per heavy atom. The van der Waals surface area contributed by atoms with Crippen molar-refractivity contribution in [3.05, 3.63) is 30.1 Å². The van der Waals surface area contributed by atoms with Crippen LogP contribution in [-0.2, 0) is 9.53 Å². The summed E-state index contributed by atoms with van der Waals surface area (Å²) >= 11 is 0. The van der Waals surface area contributed by atoms with Crippen LogP contribution in [0.3, 0.4) is 0 Å². The highest BCUT2D eigenvalue weighted by molar-refractivity contribution is 5.79. The predicted octanol–water partition coefficient (Wildman–Crippen LogP) is 2.34. The van der Waals surface area contributed by atoms with E-state index in [4.69, 9.17) is 4.74 Å². The van der Waals surface area contributed by atoms with Crippen LogP contribution < -0.4 is 4.90 Å². The first-order valence-electron chi connectivity index (χ1n) is 9.29. The van der Waals surface area contributed by atoms with Crippen LogP contribution in [0, 0.1) is 11.7 Å². The van der Waals surface area contributed by atoms with Crippen molar-refractivity contribution >= 4 is 17.7 Å². The Hall–Kier alpha value is -2.31. The van der Waals surface area contributed by atoms with E-state index >= 15 is 0 Å². The zero-order chi connectivity index (χ0) is 18.5. The van der Waals surface area contributed by atoms with E-state index < -0.39 is 0 Å². The monoisotopic (exact) mass is 363 g/mol. The summed E-state index contributed by atoms with van der Waals surface area (Å²) < 4.78 is 18.1. The number of rotatable bonds is 3. The van der Waals surface area contributed by atoms with Crippen LogP contribution in [0.4, 0.5) is 14.9 Å². The molecule has 2 fully saturated rings. The van der Waals surface area contributed by atoms with Crippen LogP contribution in [0.25, 0.3) is 0 Å². The summed E-state index contributed by atoms with van der Waals surface area (Å²) in [6, 6.07) is 6.48. The van der Waals surface area contributed by atoms with E-state index in [2.05, 4.69) is 4.90 Å². The summed E-state index contributed by atoms with van der Waals surface area (Å²) in [6.45, 7) is 6.16. The molecule has 1 aromatic rings. The Bertz CT molecular complexity index is 621. The number of piperazine rings is 1. The van der Waals surface area contributed by atoms with Crippen molar-refractivity contribution in [3.8, 4) is 0 Å². The number of piperidine rings is 1. The van der Waals surface area contributed by atoms with Crippen molar-refractivity contribution < 1.29 is 18.7 Å². The number of anilines is 1. The number of carbonyl (C=O) groups excluding carboxylic acids is 2. The maximum atomic E-state index is 13.0. The van der Waals surface area contributed by atoms with Gasteiger partial charge in [0.15, 0.2) is 0 Å². The fourth-order valence-corrected chi connectivity index (χ4v) is 3.62. The van der Waals surface area contributed by atoms with Crippen LogP contribution in [0.5, 0.6) is 0 Å². The molecule has 0 N–H and O–H groups in total. The largest absolute Gasteiger partial charge is 0.450 e. The average Bonchev–Trinajstić information content (AvgIpc) is 2.68. The molecule has 0 radical (unpaired) electrons. The van der Waals surface area contributed by atoms with Crippen LogP contribution >= 0.6 is 0 Å².